The lowest BCUT2D eigenvalue weighted by Crippen LogP contribution is -2.51. The normalized spacial score (nSPS) is 13.4. The van der Waals surface area contributed by atoms with E-state index in [1.54, 1.807) is 0 Å². The molecule has 0 aliphatic carbocycles. The van der Waals surface area contributed by atoms with Crippen molar-refractivity contribution in [3.8, 4) is 62.6 Å². The summed E-state index contributed by atoms with van der Waals surface area (Å²) in [6.07, 6.45) is 2.12. The Balaban J connectivity index is 0.000000140. The molecule has 0 atom stereocenters. The van der Waals surface area contributed by atoms with Crippen molar-refractivity contribution in [2.45, 2.75) is 228 Å². The van der Waals surface area contributed by atoms with Gasteiger partial charge in [0.05, 0.1) is 57.1 Å². The van der Waals surface area contributed by atoms with Crippen LogP contribution in [0, 0.1) is 34.6 Å². The van der Waals surface area contributed by atoms with Gasteiger partial charge >= 0.3 is 5.82 Å². The SMILES string of the molecule is C.C.C.C.C.CC(C)c1cccc(C(C)C)c1-n1c(-c2cccn2C)[n+](C)c2ccccc21.Cc1cccc2c3cccc4c3[n+]3c(c(C)n(C)c3c12)C(C)(C)C4(C)C.Cc1cccc2c3cccc4c3n3c(c(-c5ccccc5)[n+](C)c3c12)C(C)(C)C4(C)C.Cc1ccccc1-c1n(-c2c(C(C)C)cccc2C(C)C)c2ccccc2[n+]1C.Cc1ccccc1-c1n(-c2ccccc2)c2ccccc2[n+]1C. The monoisotopic (exact) mass is 1880 g/mol. The maximum absolute atomic E-state index is 2.59. The molecule has 0 saturated carbocycles. The second-order valence-electron chi connectivity index (χ2n) is 42.1. The fraction of sp³-hybridized carbons (Fsp3) is 0.305. The Morgan fingerprint density at radius 2 is 0.683 bits per heavy atom. The van der Waals surface area contributed by atoms with Gasteiger partial charge in [-0.25, -0.2) is 22.8 Å². The summed E-state index contributed by atoms with van der Waals surface area (Å²) in [5.74, 6) is 5.43. The highest BCUT2D eigenvalue weighted by Crippen LogP contribution is 2.55. The van der Waals surface area contributed by atoms with Crippen molar-refractivity contribution in [1.29, 1.82) is 0 Å². The first kappa shape index (κ1) is 104. The minimum Gasteiger partial charge on any atom is -0.344 e. The molecule has 0 saturated heterocycles. The second kappa shape index (κ2) is 39.5. The zero-order valence-electron chi connectivity index (χ0n) is 85.7. The van der Waals surface area contributed by atoms with E-state index in [0.717, 1.165) is 0 Å². The summed E-state index contributed by atoms with van der Waals surface area (Å²) >= 11 is 0. The molecule has 0 spiro atoms. The van der Waals surface area contributed by atoms with Gasteiger partial charge in [0.15, 0.2) is 50.2 Å². The van der Waals surface area contributed by atoms with Gasteiger partial charge in [0, 0.05) is 102 Å². The Kier molecular flexibility index (Phi) is 28.8. The first-order chi connectivity index (χ1) is 65.6. The van der Waals surface area contributed by atoms with E-state index in [-0.39, 0.29) is 58.8 Å². The number of imidazole rings is 5. The van der Waals surface area contributed by atoms with Crippen molar-refractivity contribution >= 4 is 87.7 Å². The van der Waals surface area contributed by atoms with E-state index >= 15 is 0 Å². The molecular formula is C131H156N11+5. The van der Waals surface area contributed by atoms with Crippen LogP contribution in [0.2, 0.25) is 0 Å². The Hall–Kier alpha value is -14.0. The van der Waals surface area contributed by atoms with Crippen LogP contribution in [0.5, 0.6) is 0 Å². The average Bonchev–Trinajstić information content (AvgIpc) is 1.48. The molecule has 0 radical (unpaired) electrons. The van der Waals surface area contributed by atoms with Gasteiger partial charge in [-0.3, -0.25) is 0 Å². The van der Waals surface area contributed by atoms with E-state index in [4.69, 9.17) is 0 Å². The Labute approximate surface area is 847 Å². The first-order valence-electron chi connectivity index (χ1n) is 49.4. The zero-order chi connectivity index (χ0) is 96.8. The standard InChI is InChI=1S/C29H29N2.C27H31N2.C25H30N3.C24H27N2.C21H19N2.5CH4/c1-18-12-10-15-20-21-16-11-17-22-25(21)31-26(29(4,5)28(22,2)3)24(19-13-8-7-9-14-19)30(6)27(31)23(18)20;1-18(2)21-14-11-15-22(19(3)4)26(21)29-25-17-10-9-16-24(25)28(6)27(29)23-13-8-7-12-20(23)5;1-17(2)19-11-9-12-20(18(3)4)24(19)28-22-14-8-7-13-21(22)27(6)25(28)23-15-10-16-26(23)5;1-14-10-8-11-16-17-12-9-13-18-20(17)26-21(24(5,6)23(18,3)4)15(2)25(7)22(26)19(14)16;1-16-10-6-7-13-18(16)21-22(2)19-14-8-9-15-20(19)23(21)17-11-4-3-5-12-17;;;;;/h7-17H,1-6H3;7-19H,1-6H3;7-18H,1-6H3;8-13H,1-7H3;3-15H,1-2H3;5*1H4/q5*+1;;;;;. The summed E-state index contributed by atoms with van der Waals surface area (Å²) in [5, 5.41) is 8.17. The Bertz CT molecular complexity index is 8290. The maximum Gasteiger partial charge on any atom is 0.311 e. The third-order valence-corrected chi connectivity index (χ3v) is 31.8. The van der Waals surface area contributed by atoms with E-state index in [2.05, 4.69) is 547 Å². The maximum atomic E-state index is 2.59. The van der Waals surface area contributed by atoms with E-state index < -0.39 is 0 Å². The number of hydrogen-bond donors (Lipinski definition) is 0. The van der Waals surface area contributed by atoms with E-state index in [1.165, 1.54) is 223 Å². The van der Waals surface area contributed by atoms with Crippen molar-refractivity contribution in [3.63, 3.8) is 0 Å². The number of para-hydroxylation sites is 11. The van der Waals surface area contributed by atoms with Crippen LogP contribution in [0.3, 0.4) is 0 Å². The van der Waals surface area contributed by atoms with Crippen LogP contribution in [-0.2, 0) is 63.9 Å². The molecule has 23 rings (SSSR count). The summed E-state index contributed by atoms with van der Waals surface area (Å²) in [7, 11) is 13.1. The number of benzene rings is 13. The quantitative estimate of drug-likeness (QED) is 0.0915. The molecule has 0 amide bonds. The summed E-state index contributed by atoms with van der Waals surface area (Å²) in [5.41, 5.74) is 41.0. The molecule has 21 aromatic rings. The van der Waals surface area contributed by atoms with Gasteiger partial charge in [-0.05, 0) is 146 Å². The summed E-state index contributed by atoms with van der Waals surface area (Å²) in [4.78, 5) is 0. The third-order valence-electron chi connectivity index (χ3n) is 31.8. The molecule has 0 bridgehead atoms. The van der Waals surface area contributed by atoms with Gasteiger partial charge < -0.3 is 4.57 Å². The topological polar surface area (TPSA) is 48.7 Å². The third kappa shape index (κ3) is 16.2. The zero-order valence-corrected chi connectivity index (χ0v) is 85.7. The number of pyridine rings is 2. The second-order valence-corrected chi connectivity index (χ2v) is 42.1. The van der Waals surface area contributed by atoms with Crippen LogP contribution in [-0.4, -0.2) is 27.2 Å². The lowest BCUT2D eigenvalue weighted by atomic mass is 9.60. The molecular weight excluding hydrogens is 1730 g/mol. The molecule has 11 heteroatoms. The molecule has 0 N–H and O–H groups in total. The molecule has 8 aromatic heterocycles. The lowest BCUT2D eigenvalue weighted by molar-refractivity contribution is -0.634. The molecule has 10 heterocycles. The number of aromatic nitrogens is 11. The van der Waals surface area contributed by atoms with Gasteiger partial charge in [-0.2, -0.15) is 22.5 Å². The largest absolute Gasteiger partial charge is 0.344 e. The van der Waals surface area contributed by atoms with Gasteiger partial charge in [0.2, 0.25) is 0 Å². The van der Waals surface area contributed by atoms with E-state index in [9.17, 15) is 0 Å². The van der Waals surface area contributed by atoms with Gasteiger partial charge in [0.25, 0.3) is 22.9 Å². The highest BCUT2D eigenvalue weighted by Gasteiger charge is 2.54. The number of nitrogens with zero attached hydrogens (tertiary/aromatic N) is 11. The van der Waals surface area contributed by atoms with Crippen molar-refractivity contribution in [2.75, 3.05) is 0 Å². The Morgan fingerprint density at radius 1 is 0.310 bits per heavy atom. The van der Waals surface area contributed by atoms with Gasteiger partial charge in [-0.1, -0.05) is 378 Å². The summed E-state index contributed by atoms with van der Waals surface area (Å²) in [6.45, 7) is 48.8. The van der Waals surface area contributed by atoms with Crippen LogP contribution in [0.4, 0.5) is 0 Å². The van der Waals surface area contributed by atoms with Crippen molar-refractivity contribution in [1.82, 2.24) is 27.2 Å². The van der Waals surface area contributed by atoms with Crippen LogP contribution in [0.15, 0.2) is 310 Å². The minimum absolute atomic E-state index is 0. The van der Waals surface area contributed by atoms with Crippen molar-refractivity contribution in [3.05, 3.63) is 382 Å². The molecule has 142 heavy (non-hydrogen) atoms. The van der Waals surface area contributed by atoms with Crippen molar-refractivity contribution in [2.24, 2.45) is 42.3 Å². The molecule has 730 valence electrons. The number of fused-ring (bicyclic) bond motifs is 9. The number of aryl methyl sites for hydroxylation is 10. The highest BCUT2D eigenvalue weighted by molar-refractivity contribution is 6.14. The molecule has 2 aliphatic heterocycles. The predicted molar refractivity (Wildman–Crippen MR) is 607 cm³/mol. The fourth-order valence-corrected chi connectivity index (χ4v) is 23.3. The van der Waals surface area contributed by atoms with Crippen LogP contribution in [0.25, 0.3) is 150 Å². The highest BCUT2D eigenvalue weighted by atomic mass is 15.2. The number of rotatable bonds is 11. The summed E-state index contributed by atoms with van der Waals surface area (Å²) in [6, 6.07) is 110. The molecule has 2 aliphatic rings. The van der Waals surface area contributed by atoms with Crippen molar-refractivity contribution < 1.29 is 22.7 Å². The van der Waals surface area contributed by atoms with Crippen LogP contribution in [0.1, 0.15) is 244 Å². The smallest absolute Gasteiger partial charge is 0.311 e. The van der Waals surface area contributed by atoms with Gasteiger partial charge in [-0.15, -0.1) is 0 Å². The fourth-order valence-electron chi connectivity index (χ4n) is 23.3. The van der Waals surface area contributed by atoms with Crippen LogP contribution >= 0.6 is 0 Å². The predicted octanol–water partition coefficient (Wildman–Crippen LogP) is 31.9. The molecule has 0 unspecified atom stereocenters. The average molecular weight is 1880 g/mol. The lowest BCUT2D eigenvalue weighted by Gasteiger charge is -2.43. The van der Waals surface area contributed by atoms with Gasteiger partial charge in [0.1, 0.15) is 39.5 Å². The molecule has 13 aromatic carbocycles. The molecule has 0 fully saturated rings. The Morgan fingerprint density at radius 3 is 1.15 bits per heavy atom. The summed E-state index contributed by atoms with van der Waals surface area (Å²) < 4.78 is 26.5. The van der Waals surface area contributed by atoms with E-state index in [1.807, 2.05) is 0 Å². The number of hydrogen-bond acceptors (Lipinski definition) is 0. The minimum atomic E-state index is -0.0556. The van der Waals surface area contributed by atoms with Crippen LogP contribution < -0.4 is 22.7 Å². The van der Waals surface area contributed by atoms with E-state index in [0.29, 0.717) is 23.7 Å². The first-order valence-corrected chi connectivity index (χ1v) is 49.4. The molecule has 11 nitrogen and oxygen atoms in total.